The summed E-state index contributed by atoms with van der Waals surface area (Å²) in [5.41, 5.74) is 1.40. The Kier molecular flexibility index (Phi) is 3.67. The summed E-state index contributed by atoms with van der Waals surface area (Å²) in [6.45, 7) is 1.53. The zero-order valence-corrected chi connectivity index (χ0v) is 14.2. The number of hydrogen-bond donors (Lipinski definition) is 0. The van der Waals surface area contributed by atoms with Crippen molar-refractivity contribution in [3.05, 3.63) is 59.1 Å². The fourth-order valence-corrected chi connectivity index (χ4v) is 3.86. The first-order chi connectivity index (χ1) is 11.6. The number of benzene rings is 2. The van der Waals surface area contributed by atoms with Crippen molar-refractivity contribution >= 4 is 38.8 Å². The Morgan fingerprint density at radius 1 is 1.04 bits per heavy atom. The van der Waals surface area contributed by atoms with Gasteiger partial charge in [-0.2, -0.15) is 0 Å². The number of halogens is 1. The number of hydrogen-bond acceptors (Lipinski definition) is 5. The molecule has 24 heavy (non-hydrogen) atoms. The van der Waals surface area contributed by atoms with Crippen molar-refractivity contribution in [2.45, 2.75) is 6.92 Å². The van der Waals surface area contributed by atoms with Gasteiger partial charge in [-0.3, -0.25) is 4.79 Å². The summed E-state index contributed by atoms with van der Waals surface area (Å²) < 4.78 is 6.86. The van der Waals surface area contributed by atoms with Crippen LogP contribution >= 0.6 is 22.9 Å². The summed E-state index contributed by atoms with van der Waals surface area (Å²) in [6, 6.07) is 15.0. The van der Waals surface area contributed by atoms with E-state index in [1.165, 1.54) is 18.3 Å². The molecule has 4 aromatic rings. The number of carbonyl (C=O) groups is 1. The van der Waals surface area contributed by atoms with Crippen LogP contribution in [0.15, 0.2) is 52.9 Å². The molecule has 0 aliphatic heterocycles. The van der Waals surface area contributed by atoms with E-state index in [0.717, 1.165) is 20.5 Å². The van der Waals surface area contributed by atoms with E-state index >= 15 is 0 Å². The zero-order chi connectivity index (χ0) is 16.7. The van der Waals surface area contributed by atoms with Crippen molar-refractivity contribution in [1.82, 2.24) is 10.2 Å². The molecule has 0 aliphatic rings. The van der Waals surface area contributed by atoms with Gasteiger partial charge in [0.1, 0.15) is 4.88 Å². The number of rotatable bonds is 3. The number of fused-ring (bicyclic) bond motifs is 1. The Balaban J connectivity index is 1.73. The number of nitrogens with zero attached hydrogens (tertiary/aromatic N) is 2. The lowest BCUT2D eigenvalue weighted by Gasteiger charge is -1.97. The van der Waals surface area contributed by atoms with Crippen LogP contribution in [0.5, 0.6) is 0 Å². The van der Waals surface area contributed by atoms with Gasteiger partial charge in [-0.1, -0.05) is 41.9 Å². The van der Waals surface area contributed by atoms with Crippen LogP contribution < -0.4 is 0 Å². The second-order valence-corrected chi connectivity index (χ2v) is 6.72. The third-order valence-electron chi connectivity index (χ3n) is 3.69. The molecular weight excluding hydrogens is 344 g/mol. The van der Waals surface area contributed by atoms with Gasteiger partial charge in [0, 0.05) is 21.2 Å². The van der Waals surface area contributed by atoms with E-state index in [0.29, 0.717) is 22.4 Å². The quantitative estimate of drug-likeness (QED) is 0.457. The fourth-order valence-electron chi connectivity index (χ4n) is 2.43. The van der Waals surface area contributed by atoms with Crippen LogP contribution in [0.1, 0.15) is 17.3 Å². The van der Waals surface area contributed by atoms with Crippen molar-refractivity contribution in [2.75, 3.05) is 0 Å². The maximum Gasteiger partial charge on any atom is 0.259 e. The van der Waals surface area contributed by atoms with Crippen LogP contribution in [-0.4, -0.2) is 16.0 Å². The lowest BCUT2D eigenvalue weighted by atomic mass is 10.1. The molecule has 6 heteroatoms. The molecule has 0 fully saturated rings. The molecule has 2 aromatic heterocycles. The van der Waals surface area contributed by atoms with Crippen molar-refractivity contribution < 1.29 is 9.21 Å². The van der Waals surface area contributed by atoms with Crippen molar-refractivity contribution in [2.24, 2.45) is 0 Å². The second-order valence-electron chi connectivity index (χ2n) is 5.29. The van der Waals surface area contributed by atoms with E-state index in [1.807, 2.05) is 24.3 Å². The third kappa shape index (κ3) is 2.52. The Morgan fingerprint density at radius 2 is 1.75 bits per heavy atom. The summed E-state index contributed by atoms with van der Waals surface area (Å²) in [5.74, 6) is 0.810. The van der Waals surface area contributed by atoms with Crippen LogP contribution in [0.2, 0.25) is 5.02 Å². The Morgan fingerprint density at radius 3 is 2.46 bits per heavy atom. The smallest absolute Gasteiger partial charge is 0.259 e. The number of thiophene rings is 1. The van der Waals surface area contributed by atoms with Crippen LogP contribution in [0, 0.1) is 0 Å². The highest BCUT2D eigenvalue weighted by Crippen LogP contribution is 2.41. The van der Waals surface area contributed by atoms with Crippen LogP contribution in [0.25, 0.3) is 32.3 Å². The third-order valence-corrected chi connectivity index (χ3v) is 5.36. The van der Waals surface area contributed by atoms with Gasteiger partial charge >= 0.3 is 0 Å². The highest BCUT2D eigenvalue weighted by atomic mass is 35.5. The van der Waals surface area contributed by atoms with Crippen LogP contribution in [0.3, 0.4) is 0 Å². The number of Topliss-reactive ketones (excluding diaryl/α,β-unsaturated/α-hetero) is 1. The lowest BCUT2D eigenvalue weighted by Crippen LogP contribution is -1.90. The molecule has 2 heterocycles. The van der Waals surface area contributed by atoms with E-state index in [9.17, 15) is 4.79 Å². The van der Waals surface area contributed by atoms with E-state index in [1.54, 1.807) is 24.3 Å². The standard InChI is InChI=1S/C18H11ClN2O2S/c1-10(22)11-6-8-12(9-7-11)17-20-21-18(23-17)16-15(19)13-4-2-3-5-14(13)24-16/h2-9H,1H3. The topological polar surface area (TPSA) is 56.0 Å². The normalized spacial score (nSPS) is 11.1. The van der Waals surface area contributed by atoms with Gasteiger partial charge in [0.25, 0.3) is 5.89 Å². The monoisotopic (exact) mass is 354 g/mol. The first kappa shape index (κ1) is 15.1. The average Bonchev–Trinajstić information content (AvgIpc) is 3.20. The molecule has 2 aromatic carbocycles. The lowest BCUT2D eigenvalue weighted by molar-refractivity contribution is 0.101. The molecule has 0 atom stereocenters. The summed E-state index contributed by atoms with van der Waals surface area (Å²) in [6.07, 6.45) is 0. The van der Waals surface area contributed by atoms with E-state index in [2.05, 4.69) is 10.2 Å². The summed E-state index contributed by atoms with van der Waals surface area (Å²) in [5, 5.41) is 9.81. The van der Waals surface area contributed by atoms with Gasteiger partial charge in [0.15, 0.2) is 5.78 Å². The SMILES string of the molecule is CC(=O)c1ccc(-c2nnc(-c3sc4ccccc4c3Cl)o2)cc1. The van der Waals surface area contributed by atoms with Gasteiger partial charge in [-0.05, 0) is 25.1 Å². The number of aromatic nitrogens is 2. The molecule has 0 saturated carbocycles. The molecule has 0 amide bonds. The van der Waals surface area contributed by atoms with Gasteiger partial charge in [0.05, 0.1) is 5.02 Å². The molecule has 0 unspecified atom stereocenters. The number of carbonyl (C=O) groups excluding carboxylic acids is 1. The minimum atomic E-state index is 0.0184. The Bertz CT molecular complexity index is 1050. The Hall–Kier alpha value is -2.50. The molecule has 0 aliphatic carbocycles. The molecule has 0 saturated heterocycles. The fraction of sp³-hybridized carbons (Fsp3) is 0.0556. The van der Waals surface area contributed by atoms with Gasteiger partial charge < -0.3 is 4.42 Å². The van der Waals surface area contributed by atoms with Gasteiger partial charge in [-0.15, -0.1) is 21.5 Å². The molecule has 0 N–H and O–H groups in total. The molecule has 4 rings (SSSR count). The second kappa shape index (κ2) is 5.85. The maximum atomic E-state index is 11.3. The van der Waals surface area contributed by atoms with E-state index < -0.39 is 0 Å². The largest absolute Gasteiger partial charge is 0.415 e. The molecule has 118 valence electrons. The Labute approximate surface area is 146 Å². The predicted octanol–water partition coefficient (Wildman–Crippen LogP) is 5.47. The molecule has 0 radical (unpaired) electrons. The summed E-state index contributed by atoms with van der Waals surface area (Å²) >= 11 is 7.97. The first-order valence-corrected chi connectivity index (χ1v) is 8.45. The average molecular weight is 355 g/mol. The maximum absolute atomic E-state index is 11.3. The van der Waals surface area contributed by atoms with Gasteiger partial charge in [0.2, 0.25) is 5.89 Å². The molecule has 0 bridgehead atoms. The summed E-state index contributed by atoms with van der Waals surface area (Å²) in [7, 11) is 0. The highest BCUT2D eigenvalue weighted by Gasteiger charge is 2.18. The van der Waals surface area contributed by atoms with Crippen LogP contribution in [0.4, 0.5) is 0 Å². The number of ketones is 1. The van der Waals surface area contributed by atoms with Crippen molar-refractivity contribution in [3.63, 3.8) is 0 Å². The van der Waals surface area contributed by atoms with Gasteiger partial charge in [-0.25, -0.2) is 0 Å². The molecular formula is C18H11ClN2O2S. The summed E-state index contributed by atoms with van der Waals surface area (Å²) in [4.78, 5) is 12.1. The van der Waals surface area contributed by atoms with Crippen molar-refractivity contribution in [3.8, 4) is 22.2 Å². The highest BCUT2D eigenvalue weighted by molar-refractivity contribution is 7.23. The van der Waals surface area contributed by atoms with E-state index in [-0.39, 0.29) is 5.78 Å². The molecule has 4 nitrogen and oxygen atoms in total. The van der Waals surface area contributed by atoms with Crippen molar-refractivity contribution in [1.29, 1.82) is 0 Å². The first-order valence-electron chi connectivity index (χ1n) is 7.26. The predicted molar refractivity (Wildman–Crippen MR) is 95.6 cm³/mol. The molecule has 0 spiro atoms. The minimum absolute atomic E-state index is 0.0184. The van der Waals surface area contributed by atoms with Crippen LogP contribution in [-0.2, 0) is 0 Å². The zero-order valence-electron chi connectivity index (χ0n) is 12.6. The minimum Gasteiger partial charge on any atom is -0.415 e. The van der Waals surface area contributed by atoms with E-state index in [4.69, 9.17) is 16.0 Å².